The van der Waals surface area contributed by atoms with Crippen molar-refractivity contribution in [3.8, 4) is 0 Å². The Balaban J connectivity index is 1.57. The first kappa shape index (κ1) is 16.8. The van der Waals surface area contributed by atoms with Crippen LogP contribution >= 0.6 is 0 Å². The third-order valence-corrected chi connectivity index (χ3v) is 4.77. The monoisotopic (exact) mass is 331 g/mol. The van der Waals surface area contributed by atoms with Gasteiger partial charge in [0.25, 0.3) is 5.91 Å². The molecule has 2 aliphatic heterocycles. The SMILES string of the molecule is CN1C[C@@H](NC(=O)c2ccoc2)CC[C@@H](C(=O)N2CC=CCC2)C1. The topological polar surface area (TPSA) is 65.8 Å². The fourth-order valence-corrected chi connectivity index (χ4v) is 3.49. The molecule has 1 N–H and O–H groups in total. The van der Waals surface area contributed by atoms with Gasteiger partial charge in [0.2, 0.25) is 5.91 Å². The van der Waals surface area contributed by atoms with E-state index in [0.717, 1.165) is 45.4 Å². The van der Waals surface area contributed by atoms with E-state index in [0.29, 0.717) is 5.56 Å². The second-order valence-electron chi connectivity index (χ2n) is 6.72. The highest BCUT2D eigenvalue weighted by Gasteiger charge is 2.30. The molecule has 0 spiro atoms. The third-order valence-electron chi connectivity index (χ3n) is 4.77. The smallest absolute Gasteiger partial charge is 0.254 e. The number of nitrogens with one attached hydrogen (secondary N) is 1. The summed E-state index contributed by atoms with van der Waals surface area (Å²) in [6, 6.07) is 1.71. The van der Waals surface area contributed by atoms with E-state index in [-0.39, 0.29) is 23.8 Å². The van der Waals surface area contributed by atoms with Gasteiger partial charge in [-0.25, -0.2) is 0 Å². The molecule has 0 unspecified atom stereocenters. The Morgan fingerprint density at radius 2 is 2.12 bits per heavy atom. The Kier molecular flexibility index (Phi) is 5.35. The van der Waals surface area contributed by atoms with Gasteiger partial charge in [-0.3, -0.25) is 9.59 Å². The van der Waals surface area contributed by atoms with E-state index in [2.05, 4.69) is 22.4 Å². The summed E-state index contributed by atoms with van der Waals surface area (Å²) in [6.07, 6.45) is 9.70. The Bertz CT molecular complexity index is 597. The standard InChI is InChI=1S/C18H25N3O3/c1-20-11-14(18(23)21-8-3-2-4-9-21)5-6-16(12-20)19-17(22)15-7-10-24-13-15/h2-3,7,10,13-14,16H,4-6,8-9,11-12H2,1H3,(H,19,22)/t14-,16+/m1/s1. The van der Waals surface area contributed by atoms with Gasteiger partial charge in [0.05, 0.1) is 17.7 Å². The molecule has 130 valence electrons. The molecule has 0 radical (unpaired) electrons. The van der Waals surface area contributed by atoms with Gasteiger partial charge in [0.1, 0.15) is 6.26 Å². The van der Waals surface area contributed by atoms with Gasteiger partial charge in [-0.15, -0.1) is 0 Å². The van der Waals surface area contributed by atoms with Crippen molar-refractivity contribution in [2.45, 2.75) is 25.3 Å². The Morgan fingerprint density at radius 1 is 1.25 bits per heavy atom. The van der Waals surface area contributed by atoms with Gasteiger partial charge >= 0.3 is 0 Å². The maximum Gasteiger partial charge on any atom is 0.254 e. The number of carbonyl (C=O) groups is 2. The van der Waals surface area contributed by atoms with Gasteiger partial charge in [-0.05, 0) is 32.4 Å². The molecule has 2 atom stereocenters. The lowest BCUT2D eigenvalue weighted by molar-refractivity contribution is -0.135. The molecule has 3 heterocycles. The minimum Gasteiger partial charge on any atom is -0.472 e. The Hall–Kier alpha value is -2.08. The van der Waals surface area contributed by atoms with E-state index in [9.17, 15) is 9.59 Å². The van der Waals surface area contributed by atoms with Crippen LogP contribution < -0.4 is 5.32 Å². The number of carbonyl (C=O) groups excluding carboxylic acids is 2. The molecular formula is C18H25N3O3. The highest BCUT2D eigenvalue weighted by Crippen LogP contribution is 2.20. The molecule has 0 saturated carbocycles. The molecular weight excluding hydrogens is 306 g/mol. The number of amides is 2. The molecule has 0 aromatic carbocycles. The van der Waals surface area contributed by atoms with Crippen molar-refractivity contribution in [2.24, 2.45) is 5.92 Å². The van der Waals surface area contributed by atoms with Crippen LogP contribution in [0.2, 0.25) is 0 Å². The van der Waals surface area contributed by atoms with Crippen molar-refractivity contribution < 1.29 is 14.0 Å². The first-order chi connectivity index (χ1) is 11.6. The van der Waals surface area contributed by atoms with Gasteiger partial charge in [-0.1, -0.05) is 12.2 Å². The first-order valence-corrected chi connectivity index (χ1v) is 8.59. The molecule has 1 aromatic rings. The highest BCUT2D eigenvalue weighted by molar-refractivity contribution is 5.94. The molecule has 0 aliphatic carbocycles. The maximum atomic E-state index is 12.7. The number of furan rings is 1. The summed E-state index contributed by atoms with van der Waals surface area (Å²) in [4.78, 5) is 29.0. The second kappa shape index (κ2) is 7.66. The minimum atomic E-state index is -0.118. The van der Waals surface area contributed by atoms with Gasteiger partial charge in [-0.2, -0.15) is 0 Å². The summed E-state index contributed by atoms with van der Waals surface area (Å²) in [6.45, 7) is 3.04. The van der Waals surface area contributed by atoms with Gasteiger partial charge in [0, 0.05) is 32.2 Å². The van der Waals surface area contributed by atoms with E-state index in [1.165, 1.54) is 12.5 Å². The van der Waals surface area contributed by atoms with Crippen molar-refractivity contribution in [2.75, 3.05) is 33.2 Å². The summed E-state index contributed by atoms with van der Waals surface area (Å²) in [7, 11) is 2.01. The van der Waals surface area contributed by atoms with Crippen LogP contribution in [0.15, 0.2) is 35.2 Å². The number of hydrogen-bond acceptors (Lipinski definition) is 4. The molecule has 6 heteroatoms. The number of hydrogen-bond donors (Lipinski definition) is 1. The van der Waals surface area contributed by atoms with E-state index in [1.807, 2.05) is 11.9 Å². The number of likely N-dealkylation sites (tertiary alicyclic amines) is 1. The van der Waals surface area contributed by atoms with Crippen LogP contribution in [0.3, 0.4) is 0 Å². The van der Waals surface area contributed by atoms with Crippen LogP contribution in [-0.2, 0) is 4.79 Å². The molecule has 1 aromatic heterocycles. The van der Waals surface area contributed by atoms with Crippen molar-refractivity contribution in [3.63, 3.8) is 0 Å². The molecule has 2 aliphatic rings. The summed E-state index contributed by atoms with van der Waals surface area (Å²) >= 11 is 0. The van der Waals surface area contributed by atoms with E-state index < -0.39 is 0 Å². The van der Waals surface area contributed by atoms with Gasteiger partial charge in [0.15, 0.2) is 0 Å². The molecule has 1 saturated heterocycles. The predicted octanol–water partition coefficient (Wildman–Crippen LogP) is 1.51. The van der Waals surface area contributed by atoms with Crippen LogP contribution in [0.4, 0.5) is 0 Å². The highest BCUT2D eigenvalue weighted by atomic mass is 16.3. The van der Waals surface area contributed by atoms with Crippen molar-refractivity contribution >= 4 is 11.8 Å². The van der Waals surface area contributed by atoms with Crippen LogP contribution in [0.1, 0.15) is 29.6 Å². The maximum absolute atomic E-state index is 12.7. The lowest BCUT2D eigenvalue weighted by Crippen LogP contribution is -2.43. The van der Waals surface area contributed by atoms with Crippen LogP contribution in [0.5, 0.6) is 0 Å². The van der Waals surface area contributed by atoms with Crippen LogP contribution in [0.25, 0.3) is 0 Å². The van der Waals surface area contributed by atoms with Crippen molar-refractivity contribution in [1.29, 1.82) is 0 Å². The number of nitrogens with zero attached hydrogens (tertiary/aromatic N) is 2. The summed E-state index contributed by atoms with van der Waals surface area (Å²) in [5, 5.41) is 3.05. The second-order valence-corrected chi connectivity index (χ2v) is 6.72. The van der Waals surface area contributed by atoms with Crippen molar-refractivity contribution in [3.05, 3.63) is 36.3 Å². The molecule has 1 fully saturated rings. The van der Waals surface area contributed by atoms with Crippen LogP contribution in [-0.4, -0.2) is 60.9 Å². The molecule has 6 nitrogen and oxygen atoms in total. The third kappa shape index (κ3) is 4.06. The lowest BCUT2D eigenvalue weighted by atomic mass is 9.99. The molecule has 0 bridgehead atoms. The fourth-order valence-electron chi connectivity index (χ4n) is 3.49. The Morgan fingerprint density at radius 3 is 2.83 bits per heavy atom. The largest absolute Gasteiger partial charge is 0.472 e. The summed E-state index contributed by atoms with van der Waals surface area (Å²) in [5.41, 5.74) is 0.537. The molecule has 2 amide bonds. The average Bonchev–Trinajstić information content (AvgIpc) is 3.07. The number of rotatable bonds is 3. The quantitative estimate of drug-likeness (QED) is 0.853. The normalized spacial score (nSPS) is 25.3. The Labute approximate surface area is 142 Å². The first-order valence-electron chi connectivity index (χ1n) is 8.59. The summed E-state index contributed by atoms with van der Waals surface area (Å²) < 4.78 is 4.96. The van der Waals surface area contributed by atoms with E-state index in [1.54, 1.807) is 6.07 Å². The number of likely N-dealkylation sites (N-methyl/N-ethyl adjacent to an activating group) is 1. The fraction of sp³-hybridized carbons (Fsp3) is 0.556. The lowest BCUT2D eigenvalue weighted by Gasteiger charge is -2.28. The zero-order valence-corrected chi connectivity index (χ0v) is 14.1. The van der Waals surface area contributed by atoms with E-state index >= 15 is 0 Å². The van der Waals surface area contributed by atoms with E-state index in [4.69, 9.17) is 4.42 Å². The van der Waals surface area contributed by atoms with Crippen LogP contribution in [0, 0.1) is 5.92 Å². The predicted molar refractivity (Wildman–Crippen MR) is 90.5 cm³/mol. The molecule has 3 rings (SSSR count). The zero-order valence-electron chi connectivity index (χ0n) is 14.1. The molecule has 24 heavy (non-hydrogen) atoms. The average molecular weight is 331 g/mol. The minimum absolute atomic E-state index is 0.0114. The summed E-state index contributed by atoms with van der Waals surface area (Å²) in [5.74, 6) is 0.137. The van der Waals surface area contributed by atoms with Crippen molar-refractivity contribution in [1.82, 2.24) is 15.1 Å². The zero-order chi connectivity index (χ0) is 16.9. The van der Waals surface area contributed by atoms with Gasteiger partial charge < -0.3 is 19.5 Å².